The molecular weight excluding hydrogens is 244 g/mol. The van der Waals surface area contributed by atoms with E-state index in [1.807, 2.05) is 13.8 Å². The Morgan fingerprint density at radius 1 is 1.32 bits per heavy atom. The summed E-state index contributed by atoms with van der Waals surface area (Å²) in [5.41, 5.74) is 6.38. The molecule has 0 aromatic heterocycles. The van der Waals surface area contributed by atoms with E-state index in [4.69, 9.17) is 10.8 Å². The highest BCUT2D eigenvalue weighted by Gasteiger charge is 2.29. The lowest BCUT2D eigenvalue weighted by atomic mass is 9.86. The van der Waals surface area contributed by atoms with Gasteiger partial charge in [0.1, 0.15) is 0 Å². The average molecular weight is 264 g/mol. The first-order chi connectivity index (χ1) is 8.91. The Balaban J connectivity index is 2.73. The smallest absolute Gasteiger partial charge is 0.307 e. The van der Waals surface area contributed by atoms with E-state index in [2.05, 4.69) is 5.32 Å². The molecule has 1 unspecified atom stereocenters. The molecule has 1 aromatic rings. The summed E-state index contributed by atoms with van der Waals surface area (Å²) >= 11 is 0. The van der Waals surface area contributed by atoms with Crippen molar-refractivity contribution in [3.05, 3.63) is 29.8 Å². The first-order valence-corrected chi connectivity index (χ1v) is 6.23. The molecule has 0 fully saturated rings. The molecule has 0 saturated heterocycles. The highest BCUT2D eigenvalue weighted by atomic mass is 16.4. The zero-order valence-corrected chi connectivity index (χ0v) is 11.3. The van der Waals surface area contributed by atoms with Crippen LogP contribution in [-0.4, -0.2) is 23.5 Å². The maximum Gasteiger partial charge on any atom is 0.307 e. The first-order valence-electron chi connectivity index (χ1n) is 6.23. The first kappa shape index (κ1) is 15.2. The molecule has 0 aliphatic carbocycles. The van der Waals surface area contributed by atoms with Crippen molar-refractivity contribution < 1.29 is 14.7 Å². The third-order valence-electron chi connectivity index (χ3n) is 3.35. The van der Waals surface area contributed by atoms with E-state index in [1.165, 1.54) is 0 Å². The minimum atomic E-state index is -0.876. The molecule has 1 aromatic carbocycles. The molecule has 0 bridgehead atoms. The normalized spacial score (nSPS) is 13.6. The summed E-state index contributed by atoms with van der Waals surface area (Å²) in [6.07, 6.45) is 0.635. The summed E-state index contributed by atoms with van der Waals surface area (Å²) in [5, 5.41) is 11.5. The van der Waals surface area contributed by atoms with E-state index >= 15 is 0 Å². The van der Waals surface area contributed by atoms with E-state index in [9.17, 15) is 9.59 Å². The van der Waals surface area contributed by atoms with Crippen molar-refractivity contribution in [3.8, 4) is 0 Å². The standard InChI is InChI=1S/C14H20N2O3/c1-3-14(2,9-15)13(19)16-11-6-4-10(5-7-11)8-12(17)18/h4-7H,3,8-9,15H2,1-2H3,(H,16,19)(H,17,18). The summed E-state index contributed by atoms with van der Waals surface area (Å²) in [6.45, 7) is 4.02. The number of nitrogens with two attached hydrogens (primary N) is 1. The number of carboxylic acids is 1. The fourth-order valence-electron chi connectivity index (χ4n) is 1.56. The highest BCUT2D eigenvalue weighted by Crippen LogP contribution is 2.22. The van der Waals surface area contributed by atoms with Gasteiger partial charge in [-0.2, -0.15) is 0 Å². The van der Waals surface area contributed by atoms with E-state index in [0.29, 0.717) is 17.7 Å². The SMILES string of the molecule is CCC(C)(CN)C(=O)Nc1ccc(CC(=O)O)cc1. The van der Waals surface area contributed by atoms with Gasteiger partial charge in [0, 0.05) is 12.2 Å². The molecule has 1 amide bonds. The largest absolute Gasteiger partial charge is 0.481 e. The van der Waals surface area contributed by atoms with Crippen molar-refractivity contribution in [1.82, 2.24) is 0 Å². The highest BCUT2D eigenvalue weighted by molar-refractivity contribution is 5.95. The van der Waals surface area contributed by atoms with Crippen LogP contribution in [0.3, 0.4) is 0 Å². The summed E-state index contributed by atoms with van der Waals surface area (Å²) in [6, 6.07) is 6.77. The Bertz CT molecular complexity index is 450. The average Bonchev–Trinajstić information content (AvgIpc) is 2.39. The number of hydrogen-bond donors (Lipinski definition) is 3. The van der Waals surface area contributed by atoms with Crippen LogP contribution < -0.4 is 11.1 Å². The van der Waals surface area contributed by atoms with Gasteiger partial charge in [-0.3, -0.25) is 9.59 Å². The van der Waals surface area contributed by atoms with Gasteiger partial charge in [0.15, 0.2) is 0 Å². The molecule has 0 heterocycles. The van der Waals surface area contributed by atoms with Crippen LogP contribution in [0.1, 0.15) is 25.8 Å². The van der Waals surface area contributed by atoms with Gasteiger partial charge in [-0.25, -0.2) is 0 Å². The van der Waals surface area contributed by atoms with Crippen molar-refractivity contribution in [1.29, 1.82) is 0 Å². The summed E-state index contributed by atoms with van der Waals surface area (Å²) < 4.78 is 0. The maximum atomic E-state index is 12.1. The molecule has 1 rings (SSSR count). The topological polar surface area (TPSA) is 92.4 Å². The lowest BCUT2D eigenvalue weighted by molar-refractivity contribution is -0.136. The molecule has 4 N–H and O–H groups in total. The fraction of sp³-hybridized carbons (Fsp3) is 0.429. The minimum absolute atomic E-state index is 0.0241. The predicted octanol–water partition coefficient (Wildman–Crippen LogP) is 1.63. The second-order valence-corrected chi connectivity index (χ2v) is 4.84. The monoisotopic (exact) mass is 264 g/mol. The van der Waals surface area contributed by atoms with Crippen LogP contribution in [0.5, 0.6) is 0 Å². The number of carbonyl (C=O) groups excluding carboxylic acids is 1. The third kappa shape index (κ3) is 4.06. The van der Waals surface area contributed by atoms with Gasteiger partial charge in [0.2, 0.25) is 5.91 Å². The molecule has 19 heavy (non-hydrogen) atoms. The van der Waals surface area contributed by atoms with Gasteiger partial charge in [-0.1, -0.05) is 19.1 Å². The number of nitrogens with one attached hydrogen (secondary N) is 1. The molecule has 5 heteroatoms. The van der Waals surface area contributed by atoms with Crippen LogP contribution >= 0.6 is 0 Å². The summed E-state index contributed by atoms with van der Waals surface area (Å²) in [7, 11) is 0. The number of amides is 1. The Kier molecular flexibility index (Phi) is 5.06. The lowest BCUT2D eigenvalue weighted by Crippen LogP contribution is -2.39. The van der Waals surface area contributed by atoms with Crippen LogP contribution in [0.15, 0.2) is 24.3 Å². The number of carbonyl (C=O) groups is 2. The molecule has 0 aliphatic heterocycles. The van der Waals surface area contributed by atoms with Crippen LogP contribution in [0, 0.1) is 5.41 Å². The van der Waals surface area contributed by atoms with Crippen molar-refractivity contribution in [3.63, 3.8) is 0 Å². The van der Waals surface area contributed by atoms with Crippen LogP contribution in [-0.2, 0) is 16.0 Å². The van der Waals surface area contributed by atoms with Crippen LogP contribution in [0.2, 0.25) is 0 Å². The Morgan fingerprint density at radius 3 is 2.32 bits per heavy atom. The van der Waals surface area contributed by atoms with Crippen molar-refractivity contribution in [2.24, 2.45) is 11.1 Å². The zero-order valence-electron chi connectivity index (χ0n) is 11.3. The molecule has 0 saturated carbocycles. The van der Waals surface area contributed by atoms with E-state index in [-0.39, 0.29) is 18.9 Å². The molecule has 5 nitrogen and oxygen atoms in total. The predicted molar refractivity (Wildman–Crippen MR) is 73.9 cm³/mol. The lowest BCUT2D eigenvalue weighted by Gasteiger charge is -2.24. The van der Waals surface area contributed by atoms with Gasteiger partial charge in [0.25, 0.3) is 0 Å². The summed E-state index contributed by atoms with van der Waals surface area (Å²) in [5.74, 6) is -0.998. The number of carboxylic acid groups (broad SMARTS) is 1. The molecule has 1 atom stereocenters. The van der Waals surface area contributed by atoms with Gasteiger partial charge in [0.05, 0.1) is 11.8 Å². The van der Waals surface area contributed by atoms with Crippen LogP contribution in [0.4, 0.5) is 5.69 Å². The second-order valence-electron chi connectivity index (χ2n) is 4.84. The fourth-order valence-corrected chi connectivity index (χ4v) is 1.56. The van der Waals surface area contributed by atoms with Crippen molar-refractivity contribution in [2.75, 3.05) is 11.9 Å². The van der Waals surface area contributed by atoms with Gasteiger partial charge < -0.3 is 16.2 Å². The molecule has 0 spiro atoms. The van der Waals surface area contributed by atoms with E-state index in [0.717, 1.165) is 0 Å². The molecule has 104 valence electrons. The number of benzene rings is 1. The second kappa shape index (κ2) is 6.33. The number of aliphatic carboxylic acids is 1. The summed E-state index contributed by atoms with van der Waals surface area (Å²) in [4.78, 5) is 22.6. The molecule has 0 radical (unpaired) electrons. The van der Waals surface area contributed by atoms with Crippen LogP contribution in [0.25, 0.3) is 0 Å². The van der Waals surface area contributed by atoms with Gasteiger partial charge in [-0.05, 0) is 31.0 Å². The molecular formula is C14H20N2O3. The maximum absolute atomic E-state index is 12.1. The number of rotatable bonds is 6. The van der Waals surface area contributed by atoms with Crippen molar-refractivity contribution in [2.45, 2.75) is 26.7 Å². The van der Waals surface area contributed by atoms with E-state index < -0.39 is 11.4 Å². The Labute approximate surface area is 112 Å². The van der Waals surface area contributed by atoms with Crippen molar-refractivity contribution >= 4 is 17.6 Å². The minimum Gasteiger partial charge on any atom is -0.481 e. The van der Waals surface area contributed by atoms with Gasteiger partial charge >= 0.3 is 5.97 Å². The third-order valence-corrected chi connectivity index (χ3v) is 3.35. The number of anilines is 1. The Morgan fingerprint density at radius 2 is 1.89 bits per heavy atom. The zero-order chi connectivity index (χ0) is 14.5. The van der Waals surface area contributed by atoms with E-state index in [1.54, 1.807) is 24.3 Å². The van der Waals surface area contributed by atoms with Gasteiger partial charge in [-0.15, -0.1) is 0 Å². The quantitative estimate of drug-likeness (QED) is 0.728. The Hall–Kier alpha value is -1.88. The molecule has 0 aliphatic rings. The number of hydrogen-bond acceptors (Lipinski definition) is 3.